The molecule has 74 valence electrons. The lowest BCUT2D eigenvalue weighted by Gasteiger charge is -2.08. The van der Waals surface area contributed by atoms with Crippen LogP contribution in [-0.4, -0.2) is 24.5 Å². The zero-order valence-corrected chi connectivity index (χ0v) is 7.36. The SMILES string of the molecule is C=CCOC(=O)[C@H](N)CCC(N)=O. The summed E-state index contributed by atoms with van der Waals surface area (Å²) in [5.41, 5.74) is 10.3. The van der Waals surface area contributed by atoms with Gasteiger partial charge in [-0.3, -0.25) is 9.59 Å². The zero-order valence-electron chi connectivity index (χ0n) is 7.36. The number of amides is 1. The number of carbonyl (C=O) groups is 2. The highest BCUT2D eigenvalue weighted by molar-refractivity contribution is 5.78. The first-order valence-electron chi connectivity index (χ1n) is 3.89. The van der Waals surface area contributed by atoms with Crippen LogP contribution in [0.2, 0.25) is 0 Å². The van der Waals surface area contributed by atoms with E-state index in [0.717, 1.165) is 0 Å². The molecule has 0 radical (unpaired) electrons. The van der Waals surface area contributed by atoms with Crippen LogP contribution in [0.4, 0.5) is 0 Å². The molecule has 5 nitrogen and oxygen atoms in total. The van der Waals surface area contributed by atoms with E-state index in [1.54, 1.807) is 0 Å². The van der Waals surface area contributed by atoms with Crippen molar-refractivity contribution in [3.63, 3.8) is 0 Å². The number of hydrogen-bond donors (Lipinski definition) is 2. The summed E-state index contributed by atoms with van der Waals surface area (Å²) in [5.74, 6) is -1.02. The highest BCUT2D eigenvalue weighted by Gasteiger charge is 2.14. The molecule has 0 bridgehead atoms. The van der Waals surface area contributed by atoms with Gasteiger partial charge in [0.05, 0.1) is 0 Å². The Bertz CT molecular complexity index is 204. The van der Waals surface area contributed by atoms with E-state index in [1.165, 1.54) is 6.08 Å². The van der Waals surface area contributed by atoms with Gasteiger partial charge in [0.25, 0.3) is 0 Å². The van der Waals surface area contributed by atoms with Gasteiger partial charge in [0.15, 0.2) is 0 Å². The highest BCUT2D eigenvalue weighted by atomic mass is 16.5. The van der Waals surface area contributed by atoms with E-state index in [1.807, 2.05) is 0 Å². The predicted octanol–water partition coefficient (Wildman–Crippen LogP) is -0.692. The van der Waals surface area contributed by atoms with Gasteiger partial charge in [-0.1, -0.05) is 12.7 Å². The van der Waals surface area contributed by atoms with Crippen molar-refractivity contribution < 1.29 is 14.3 Å². The molecule has 0 rings (SSSR count). The number of esters is 1. The van der Waals surface area contributed by atoms with Crippen molar-refractivity contribution in [3.8, 4) is 0 Å². The third kappa shape index (κ3) is 5.86. The van der Waals surface area contributed by atoms with Crippen molar-refractivity contribution in [3.05, 3.63) is 12.7 Å². The van der Waals surface area contributed by atoms with Crippen LogP contribution in [0, 0.1) is 0 Å². The predicted molar refractivity (Wildman–Crippen MR) is 47.6 cm³/mol. The third-order valence-corrected chi connectivity index (χ3v) is 1.35. The molecule has 5 heteroatoms. The Kier molecular flexibility index (Phi) is 5.54. The summed E-state index contributed by atoms with van der Waals surface area (Å²) >= 11 is 0. The second-order valence-corrected chi connectivity index (χ2v) is 2.53. The lowest BCUT2D eigenvalue weighted by Crippen LogP contribution is -2.33. The highest BCUT2D eigenvalue weighted by Crippen LogP contribution is 1.96. The number of rotatable bonds is 6. The van der Waals surface area contributed by atoms with E-state index >= 15 is 0 Å². The van der Waals surface area contributed by atoms with Gasteiger partial charge in [-0.15, -0.1) is 0 Å². The summed E-state index contributed by atoms with van der Waals surface area (Å²) in [6.07, 6.45) is 1.74. The second kappa shape index (κ2) is 6.19. The van der Waals surface area contributed by atoms with Crippen molar-refractivity contribution >= 4 is 11.9 Å². The van der Waals surface area contributed by atoms with Gasteiger partial charge in [0.2, 0.25) is 5.91 Å². The summed E-state index contributed by atoms with van der Waals surface area (Å²) in [4.78, 5) is 21.3. The lowest BCUT2D eigenvalue weighted by atomic mass is 10.1. The molecular formula is C8H14N2O3. The second-order valence-electron chi connectivity index (χ2n) is 2.53. The van der Waals surface area contributed by atoms with Gasteiger partial charge in [-0.25, -0.2) is 0 Å². The van der Waals surface area contributed by atoms with Crippen LogP contribution in [0.1, 0.15) is 12.8 Å². The van der Waals surface area contributed by atoms with E-state index in [-0.39, 0.29) is 19.4 Å². The van der Waals surface area contributed by atoms with Gasteiger partial charge in [0, 0.05) is 6.42 Å². The molecule has 1 atom stereocenters. The molecule has 0 aromatic carbocycles. The first kappa shape index (κ1) is 11.6. The molecule has 0 saturated heterocycles. The molecule has 1 amide bonds. The summed E-state index contributed by atoms with van der Waals surface area (Å²) in [7, 11) is 0. The normalized spacial score (nSPS) is 11.8. The third-order valence-electron chi connectivity index (χ3n) is 1.35. The molecule has 0 aromatic rings. The fourth-order valence-corrected chi connectivity index (χ4v) is 0.664. The minimum Gasteiger partial charge on any atom is -0.460 e. The van der Waals surface area contributed by atoms with Crippen LogP contribution in [0.25, 0.3) is 0 Å². The molecule has 0 saturated carbocycles. The molecule has 4 N–H and O–H groups in total. The van der Waals surface area contributed by atoms with Gasteiger partial charge >= 0.3 is 5.97 Å². The van der Waals surface area contributed by atoms with Crippen molar-refractivity contribution in [1.82, 2.24) is 0 Å². The summed E-state index contributed by atoms with van der Waals surface area (Å²) in [6, 6.07) is -0.785. The maximum absolute atomic E-state index is 11.0. The van der Waals surface area contributed by atoms with Crippen molar-refractivity contribution in [2.75, 3.05) is 6.61 Å². The Labute approximate surface area is 76.7 Å². The average molecular weight is 186 g/mol. The van der Waals surface area contributed by atoms with Crippen LogP contribution in [0.5, 0.6) is 0 Å². The topological polar surface area (TPSA) is 95.4 Å². The first-order chi connectivity index (χ1) is 6.07. The van der Waals surface area contributed by atoms with Crippen LogP contribution >= 0.6 is 0 Å². The van der Waals surface area contributed by atoms with E-state index < -0.39 is 17.9 Å². The Balaban J connectivity index is 3.68. The van der Waals surface area contributed by atoms with Crippen LogP contribution in [0.15, 0.2) is 12.7 Å². The summed E-state index contributed by atoms with van der Waals surface area (Å²) < 4.78 is 4.65. The van der Waals surface area contributed by atoms with Crippen molar-refractivity contribution in [2.45, 2.75) is 18.9 Å². The fraction of sp³-hybridized carbons (Fsp3) is 0.500. The number of hydrogen-bond acceptors (Lipinski definition) is 4. The Morgan fingerprint density at radius 2 is 2.15 bits per heavy atom. The van der Waals surface area contributed by atoms with E-state index in [0.29, 0.717) is 0 Å². The molecule has 0 fully saturated rings. The maximum atomic E-state index is 11.0. The van der Waals surface area contributed by atoms with Crippen molar-refractivity contribution in [1.29, 1.82) is 0 Å². The van der Waals surface area contributed by atoms with Crippen molar-refractivity contribution in [2.24, 2.45) is 11.5 Å². The number of primary amides is 1. The Morgan fingerprint density at radius 1 is 1.54 bits per heavy atom. The molecular weight excluding hydrogens is 172 g/mol. The molecule has 0 aliphatic rings. The average Bonchev–Trinajstić information content (AvgIpc) is 2.10. The minimum atomic E-state index is -0.785. The lowest BCUT2D eigenvalue weighted by molar-refractivity contribution is -0.144. The monoisotopic (exact) mass is 186 g/mol. The molecule has 0 aliphatic heterocycles. The first-order valence-corrected chi connectivity index (χ1v) is 3.89. The number of ether oxygens (including phenoxy) is 1. The van der Waals surface area contributed by atoms with Gasteiger partial charge < -0.3 is 16.2 Å². The molecule has 0 aromatic heterocycles. The van der Waals surface area contributed by atoms with E-state index in [2.05, 4.69) is 11.3 Å². The quantitative estimate of drug-likeness (QED) is 0.424. The molecule has 13 heavy (non-hydrogen) atoms. The van der Waals surface area contributed by atoms with Crippen LogP contribution in [0.3, 0.4) is 0 Å². The number of nitrogens with two attached hydrogens (primary N) is 2. The van der Waals surface area contributed by atoms with Crippen LogP contribution in [-0.2, 0) is 14.3 Å². The molecule has 0 unspecified atom stereocenters. The summed E-state index contributed by atoms with van der Waals surface area (Å²) in [6.45, 7) is 3.50. The minimum absolute atomic E-state index is 0.0877. The molecule has 0 spiro atoms. The molecule has 0 heterocycles. The van der Waals surface area contributed by atoms with Gasteiger partial charge in [-0.2, -0.15) is 0 Å². The largest absolute Gasteiger partial charge is 0.460 e. The van der Waals surface area contributed by atoms with Crippen LogP contribution < -0.4 is 11.5 Å². The van der Waals surface area contributed by atoms with Gasteiger partial charge in [0.1, 0.15) is 12.6 Å². The smallest absolute Gasteiger partial charge is 0.323 e. The zero-order chi connectivity index (χ0) is 10.3. The Morgan fingerprint density at radius 3 is 2.62 bits per heavy atom. The summed E-state index contributed by atoms with van der Waals surface area (Å²) in [5, 5.41) is 0. The standard InChI is InChI=1S/C8H14N2O3/c1-2-5-13-8(12)6(9)3-4-7(10)11/h2,6H,1,3-5,9H2,(H2,10,11)/t6-/m1/s1. The van der Waals surface area contributed by atoms with E-state index in [4.69, 9.17) is 11.5 Å². The number of carbonyl (C=O) groups excluding carboxylic acids is 2. The van der Waals surface area contributed by atoms with Gasteiger partial charge in [-0.05, 0) is 6.42 Å². The maximum Gasteiger partial charge on any atom is 0.323 e. The molecule has 0 aliphatic carbocycles. The van der Waals surface area contributed by atoms with E-state index in [9.17, 15) is 9.59 Å². The Hall–Kier alpha value is -1.36. The fourth-order valence-electron chi connectivity index (χ4n) is 0.664.